The third kappa shape index (κ3) is 3.87. The number of aromatic nitrogens is 1. The van der Waals surface area contributed by atoms with Gasteiger partial charge in [-0.05, 0) is 42.5 Å². The van der Waals surface area contributed by atoms with E-state index in [9.17, 15) is 13.2 Å². The van der Waals surface area contributed by atoms with Crippen LogP contribution in [0.3, 0.4) is 0 Å². The zero-order valence-electron chi connectivity index (χ0n) is 16.2. The van der Waals surface area contributed by atoms with Crippen molar-refractivity contribution in [3.8, 4) is 22.8 Å². The number of ether oxygens (including phenoxy) is 3. The van der Waals surface area contributed by atoms with Crippen LogP contribution < -0.4 is 9.47 Å². The van der Waals surface area contributed by atoms with Crippen molar-refractivity contribution >= 4 is 16.0 Å². The first-order valence-electron chi connectivity index (χ1n) is 8.90. The molecule has 0 saturated carbocycles. The summed E-state index contributed by atoms with van der Waals surface area (Å²) < 4.78 is 46.4. The molecule has 0 N–H and O–H groups in total. The van der Waals surface area contributed by atoms with Gasteiger partial charge in [0.1, 0.15) is 12.3 Å². The van der Waals surface area contributed by atoms with Gasteiger partial charge in [-0.1, -0.05) is 5.16 Å². The second kappa shape index (κ2) is 7.81. The van der Waals surface area contributed by atoms with Crippen LogP contribution in [-0.4, -0.2) is 44.7 Å². The van der Waals surface area contributed by atoms with Crippen LogP contribution in [0.2, 0.25) is 0 Å². The lowest BCUT2D eigenvalue weighted by Gasteiger charge is -2.11. The number of fused-ring (bicyclic) bond motifs is 1. The number of hydrogen-bond acceptors (Lipinski definition) is 8. The molecule has 2 aromatic carbocycles. The summed E-state index contributed by atoms with van der Waals surface area (Å²) in [5, 5.41) is 3.91. The highest BCUT2D eigenvalue weighted by Gasteiger charge is 2.19. The van der Waals surface area contributed by atoms with Crippen LogP contribution in [0.4, 0.5) is 0 Å². The number of carbonyl (C=O) groups is 1. The Morgan fingerprint density at radius 3 is 2.53 bits per heavy atom. The number of carbonyl (C=O) groups excluding carboxylic acids is 1. The van der Waals surface area contributed by atoms with Crippen molar-refractivity contribution in [1.82, 2.24) is 9.46 Å². The van der Waals surface area contributed by atoms with E-state index in [4.69, 9.17) is 18.7 Å². The third-order valence-corrected chi connectivity index (χ3v) is 6.27. The van der Waals surface area contributed by atoms with Gasteiger partial charge in [-0.15, -0.1) is 0 Å². The lowest BCUT2D eigenvalue weighted by atomic mass is 10.1. The minimum Gasteiger partial charge on any atom is -0.455 e. The van der Waals surface area contributed by atoms with Crippen molar-refractivity contribution in [2.45, 2.75) is 11.5 Å². The molecule has 4 rings (SSSR count). The fourth-order valence-electron chi connectivity index (χ4n) is 2.76. The largest absolute Gasteiger partial charge is 0.455 e. The Bertz CT molecular complexity index is 1180. The number of hydrogen-bond donors (Lipinski definition) is 0. The van der Waals surface area contributed by atoms with Gasteiger partial charge < -0.3 is 18.7 Å². The minimum absolute atomic E-state index is 0.0916. The van der Waals surface area contributed by atoms with E-state index in [0.29, 0.717) is 23.0 Å². The van der Waals surface area contributed by atoms with Crippen LogP contribution in [0.1, 0.15) is 16.1 Å². The highest BCUT2D eigenvalue weighted by atomic mass is 32.2. The fourth-order valence-corrected chi connectivity index (χ4v) is 3.66. The maximum Gasteiger partial charge on any atom is 0.338 e. The van der Waals surface area contributed by atoms with Crippen molar-refractivity contribution < 1.29 is 31.9 Å². The van der Waals surface area contributed by atoms with E-state index in [-0.39, 0.29) is 23.9 Å². The molecule has 3 aromatic rings. The Balaban J connectivity index is 1.40. The molecule has 9 nitrogen and oxygen atoms in total. The highest BCUT2D eigenvalue weighted by molar-refractivity contribution is 7.89. The summed E-state index contributed by atoms with van der Waals surface area (Å²) in [5.74, 6) is 1.18. The van der Waals surface area contributed by atoms with Gasteiger partial charge in [-0.3, -0.25) is 0 Å². The normalized spacial score (nSPS) is 12.9. The standard InChI is InChI=1S/C20H18N2O7S/c1-22(2)30(24,25)16-6-3-13(4-7-16)20(23)26-11-15-10-18(29-21-15)14-5-8-17-19(9-14)28-12-27-17/h3-10H,11-12H2,1-2H3. The number of sulfonamides is 1. The van der Waals surface area contributed by atoms with Crippen LogP contribution >= 0.6 is 0 Å². The maximum atomic E-state index is 12.2. The molecule has 1 aliphatic heterocycles. The van der Waals surface area contributed by atoms with Gasteiger partial charge in [0.2, 0.25) is 16.8 Å². The first kappa shape index (κ1) is 19.9. The lowest BCUT2D eigenvalue weighted by molar-refractivity contribution is 0.0464. The van der Waals surface area contributed by atoms with Gasteiger partial charge >= 0.3 is 5.97 Å². The maximum absolute atomic E-state index is 12.2. The van der Waals surface area contributed by atoms with E-state index < -0.39 is 16.0 Å². The van der Waals surface area contributed by atoms with Gasteiger partial charge in [0.25, 0.3) is 0 Å². The van der Waals surface area contributed by atoms with Crippen LogP contribution in [0, 0.1) is 0 Å². The summed E-state index contributed by atoms with van der Waals surface area (Å²) >= 11 is 0. The van der Waals surface area contributed by atoms with Gasteiger partial charge in [-0.25, -0.2) is 17.5 Å². The Hall–Kier alpha value is -3.37. The van der Waals surface area contributed by atoms with Crippen molar-refractivity contribution in [2.75, 3.05) is 20.9 Å². The van der Waals surface area contributed by atoms with E-state index in [2.05, 4.69) is 5.16 Å². The van der Waals surface area contributed by atoms with E-state index in [0.717, 1.165) is 9.87 Å². The molecule has 156 valence electrons. The predicted molar refractivity (Wildman–Crippen MR) is 104 cm³/mol. The molecule has 0 spiro atoms. The van der Waals surface area contributed by atoms with Gasteiger partial charge in [0.15, 0.2) is 17.3 Å². The van der Waals surface area contributed by atoms with Crippen LogP contribution in [-0.2, 0) is 21.4 Å². The van der Waals surface area contributed by atoms with Crippen molar-refractivity contribution in [2.24, 2.45) is 0 Å². The summed E-state index contributed by atoms with van der Waals surface area (Å²) in [7, 11) is -0.685. The third-order valence-electron chi connectivity index (χ3n) is 4.44. The average molecular weight is 430 g/mol. The molecule has 30 heavy (non-hydrogen) atoms. The lowest BCUT2D eigenvalue weighted by Crippen LogP contribution is -2.22. The molecule has 0 unspecified atom stereocenters. The number of esters is 1. The Kier molecular flexibility index (Phi) is 5.18. The molecule has 2 heterocycles. The Labute approximate surface area is 172 Å². The topological polar surface area (TPSA) is 108 Å². The number of benzene rings is 2. The van der Waals surface area contributed by atoms with Gasteiger partial charge in [0, 0.05) is 25.7 Å². The van der Waals surface area contributed by atoms with Gasteiger partial charge in [-0.2, -0.15) is 0 Å². The first-order valence-corrected chi connectivity index (χ1v) is 10.3. The SMILES string of the molecule is CN(C)S(=O)(=O)c1ccc(C(=O)OCc2cc(-c3ccc4c(c3)OCO4)on2)cc1. The first-order chi connectivity index (χ1) is 14.3. The second-order valence-corrected chi connectivity index (χ2v) is 8.79. The van der Waals surface area contributed by atoms with E-state index in [1.165, 1.54) is 38.4 Å². The molecule has 10 heteroatoms. The van der Waals surface area contributed by atoms with Crippen molar-refractivity contribution in [3.63, 3.8) is 0 Å². The van der Waals surface area contributed by atoms with E-state index >= 15 is 0 Å². The molecule has 0 atom stereocenters. The zero-order chi connectivity index (χ0) is 21.3. The fraction of sp³-hybridized carbons (Fsp3) is 0.200. The van der Waals surface area contributed by atoms with Crippen molar-refractivity contribution in [3.05, 3.63) is 59.8 Å². The predicted octanol–water partition coefficient (Wildman–Crippen LogP) is 2.68. The molecule has 0 fully saturated rings. The number of nitrogens with zero attached hydrogens (tertiary/aromatic N) is 2. The highest BCUT2D eigenvalue weighted by Crippen LogP contribution is 2.36. The monoisotopic (exact) mass is 430 g/mol. The van der Waals surface area contributed by atoms with Gasteiger partial charge in [0.05, 0.1) is 10.5 Å². The molecule has 0 saturated heterocycles. The molecular weight excluding hydrogens is 412 g/mol. The smallest absolute Gasteiger partial charge is 0.338 e. The summed E-state index contributed by atoms with van der Waals surface area (Å²) in [4.78, 5) is 12.3. The average Bonchev–Trinajstić information content (AvgIpc) is 3.40. The molecule has 1 aliphatic rings. The second-order valence-electron chi connectivity index (χ2n) is 6.64. The van der Waals surface area contributed by atoms with E-state index in [1.54, 1.807) is 18.2 Å². The summed E-state index contributed by atoms with van der Waals surface area (Å²) in [6, 6.07) is 12.6. The summed E-state index contributed by atoms with van der Waals surface area (Å²) in [5.41, 5.74) is 1.41. The Morgan fingerprint density at radius 2 is 1.80 bits per heavy atom. The molecular formula is C20H18N2O7S. The van der Waals surface area contributed by atoms with E-state index in [1.807, 2.05) is 6.07 Å². The quantitative estimate of drug-likeness (QED) is 0.549. The summed E-state index contributed by atoms with van der Waals surface area (Å²) in [6.07, 6.45) is 0. The molecule has 0 radical (unpaired) electrons. The number of rotatable bonds is 6. The van der Waals surface area contributed by atoms with Crippen molar-refractivity contribution in [1.29, 1.82) is 0 Å². The summed E-state index contributed by atoms with van der Waals surface area (Å²) in [6.45, 7) is 0.0864. The molecule has 0 bridgehead atoms. The van der Waals surface area contributed by atoms with Crippen LogP contribution in [0.25, 0.3) is 11.3 Å². The molecule has 0 amide bonds. The minimum atomic E-state index is -3.56. The molecule has 1 aromatic heterocycles. The Morgan fingerprint density at radius 1 is 1.07 bits per heavy atom. The molecule has 0 aliphatic carbocycles. The van der Waals surface area contributed by atoms with Crippen LogP contribution in [0.15, 0.2) is 57.9 Å². The zero-order valence-corrected chi connectivity index (χ0v) is 17.0. The van der Waals surface area contributed by atoms with Crippen LogP contribution in [0.5, 0.6) is 11.5 Å².